The zero-order valence-corrected chi connectivity index (χ0v) is 14.7. The molecule has 25 heavy (non-hydrogen) atoms. The van der Waals surface area contributed by atoms with Gasteiger partial charge in [0.05, 0.1) is 11.1 Å². The normalized spacial score (nSPS) is 10.7. The number of hydrogen-bond acceptors (Lipinski definition) is 4. The summed E-state index contributed by atoms with van der Waals surface area (Å²) < 4.78 is 1.74. The number of nitrogens with one attached hydrogen (secondary N) is 2. The minimum atomic E-state index is -0.255. The summed E-state index contributed by atoms with van der Waals surface area (Å²) in [6.45, 7) is 3.98. The topological polar surface area (TPSA) is 76.0 Å². The summed E-state index contributed by atoms with van der Waals surface area (Å²) in [5.41, 5.74) is 1.03. The number of thiophene rings is 1. The molecule has 3 aromatic rings. The minimum Gasteiger partial charge on any atom is -0.321 e. The van der Waals surface area contributed by atoms with Crippen molar-refractivity contribution in [3.63, 3.8) is 0 Å². The first-order valence-electron chi connectivity index (χ1n) is 7.84. The Kier molecular flexibility index (Phi) is 4.95. The fourth-order valence-electron chi connectivity index (χ4n) is 2.35. The maximum atomic E-state index is 12.5. The van der Waals surface area contributed by atoms with Crippen LogP contribution in [-0.2, 0) is 0 Å². The largest absolute Gasteiger partial charge is 0.321 e. The molecule has 0 saturated heterocycles. The Morgan fingerprint density at radius 1 is 1.08 bits per heavy atom. The molecule has 2 heterocycles. The zero-order valence-electron chi connectivity index (χ0n) is 13.9. The van der Waals surface area contributed by atoms with E-state index in [9.17, 15) is 9.59 Å². The second-order valence-corrected chi connectivity index (χ2v) is 6.67. The smallest absolute Gasteiger partial charge is 0.265 e. The average molecular weight is 354 g/mol. The van der Waals surface area contributed by atoms with E-state index in [0.29, 0.717) is 21.9 Å². The van der Waals surface area contributed by atoms with Gasteiger partial charge in [0, 0.05) is 23.4 Å². The van der Waals surface area contributed by atoms with Crippen LogP contribution in [0.15, 0.2) is 54.0 Å². The van der Waals surface area contributed by atoms with Crippen LogP contribution in [0.5, 0.6) is 0 Å². The van der Waals surface area contributed by atoms with Crippen molar-refractivity contribution >= 4 is 34.7 Å². The van der Waals surface area contributed by atoms with Gasteiger partial charge in [0.1, 0.15) is 5.82 Å². The lowest BCUT2D eigenvalue weighted by Gasteiger charge is -2.12. The van der Waals surface area contributed by atoms with E-state index in [0.717, 1.165) is 0 Å². The average Bonchev–Trinajstić information content (AvgIpc) is 3.26. The van der Waals surface area contributed by atoms with E-state index >= 15 is 0 Å². The molecule has 2 N–H and O–H groups in total. The van der Waals surface area contributed by atoms with E-state index in [-0.39, 0.29) is 17.9 Å². The lowest BCUT2D eigenvalue weighted by Crippen LogP contribution is -2.17. The second-order valence-electron chi connectivity index (χ2n) is 5.72. The summed E-state index contributed by atoms with van der Waals surface area (Å²) in [7, 11) is 0. The Bertz CT molecular complexity index is 884. The van der Waals surface area contributed by atoms with Crippen LogP contribution in [0.2, 0.25) is 0 Å². The number of carbonyl (C=O) groups is 2. The fraction of sp³-hybridized carbons (Fsp3) is 0.167. The summed E-state index contributed by atoms with van der Waals surface area (Å²) in [6.07, 6.45) is 1.65. The van der Waals surface area contributed by atoms with Crippen LogP contribution in [0.25, 0.3) is 0 Å². The van der Waals surface area contributed by atoms with Gasteiger partial charge < -0.3 is 10.6 Å². The summed E-state index contributed by atoms with van der Waals surface area (Å²) in [6, 6.07) is 12.3. The lowest BCUT2D eigenvalue weighted by atomic mass is 10.2. The van der Waals surface area contributed by atoms with Crippen molar-refractivity contribution in [3.8, 4) is 0 Å². The van der Waals surface area contributed by atoms with E-state index in [1.807, 2.05) is 25.3 Å². The standard InChI is InChI=1S/C18H18N4O2S/c1-12(2)22-16(8-9-19-22)21-17(23)13-5-3-6-14(11-13)20-18(24)15-7-4-10-25-15/h3-12H,1-2H3,(H,20,24)(H,21,23). The van der Waals surface area contributed by atoms with Crippen molar-refractivity contribution in [2.45, 2.75) is 19.9 Å². The highest BCUT2D eigenvalue weighted by atomic mass is 32.1. The molecule has 2 amide bonds. The van der Waals surface area contributed by atoms with Crippen molar-refractivity contribution in [1.82, 2.24) is 9.78 Å². The van der Waals surface area contributed by atoms with Gasteiger partial charge in [-0.3, -0.25) is 9.59 Å². The molecule has 128 valence electrons. The Labute approximate surface area is 149 Å². The van der Waals surface area contributed by atoms with Crippen molar-refractivity contribution in [1.29, 1.82) is 0 Å². The predicted molar refractivity (Wildman–Crippen MR) is 99.3 cm³/mol. The fourth-order valence-corrected chi connectivity index (χ4v) is 2.97. The van der Waals surface area contributed by atoms with Crippen molar-refractivity contribution in [2.24, 2.45) is 0 Å². The molecule has 0 bridgehead atoms. The third-order valence-corrected chi connectivity index (χ3v) is 4.40. The first-order valence-corrected chi connectivity index (χ1v) is 8.72. The molecule has 3 rings (SSSR count). The van der Waals surface area contributed by atoms with E-state index in [2.05, 4.69) is 15.7 Å². The second kappa shape index (κ2) is 7.31. The number of amides is 2. The number of aromatic nitrogens is 2. The Hall–Kier alpha value is -2.93. The highest BCUT2D eigenvalue weighted by molar-refractivity contribution is 7.12. The minimum absolute atomic E-state index is 0.140. The number of rotatable bonds is 5. The maximum absolute atomic E-state index is 12.5. The number of nitrogens with zero attached hydrogens (tertiary/aromatic N) is 2. The molecule has 2 aromatic heterocycles. The van der Waals surface area contributed by atoms with E-state index in [1.165, 1.54) is 11.3 Å². The molecule has 0 unspecified atom stereocenters. The third kappa shape index (κ3) is 3.95. The van der Waals surface area contributed by atoms with E-state index < -0.39 is 0 Å². The zero-order chi connectivity index (χ0) is 17.8. The molecule has 1 aromatic carbocycles. The van der Waals surface area contributed by atoms with Crippen LogP contribution < -0.4 is 10.6 Å². The van der Waals surface area contributed by atoms with Crippen molar-refractivity contribution in [3.05, 3.63) is 64.5 Å². The van der Waals surface area contributed by atoms with Gasteiger partial charge in [-0.05, 0) is 43.5 Å². The molecule has 0 fully saturated rings. The maximum Gasteiger partial charge on any atom is 0.265 e. The predicted octanol–water partition coefficient (Wildman–Crippen LogP) is 4.03. The van der Waals surface area contributed by atoms with Crippen LogP contribution in [0, 0.1) is 0 Å². The van der Waals surface area contributed by atoms with Gasteiger partial charge in [0.2, 0.25) is 0 Å². The van der Waals surface area contributed by atoms with Crippen LogP contribution >= 0.6 is 11.3 Å². The number of carbonyl (C=O) groups excluding carboxylic acids is 2. The van der Waals surface area contributed by atoms with Gasteiger partial charge in [0.15, 0.2) is 0 Å². The van der Waals surface area contributed by atoms with Gasteiger partial charge >= 0.3 is 0 Å². The molecule has 7 heteroatoms. The Morgan fingerprint density at radius 3 is 2.64 bits per heavy atom. The van der Waals surface area contributed by atoms with Gasteiger partial charge in [-0.25, -0.2) is 4.68 Å². The summed E-state index contributed by atoms with van der Waals surface area (Å²) in [5, 5.41) is 11.7. The van der Waals surface area contributed by atoms with Crippen molar-refractivity contribution < 1.29 is 9.59 Å². The molecule has 0 aliphatic rings. The SMILES string of the molecule is CC(C)n1nccc1NC(=O)c1cccc(NC(=O)c2cccs2)c1. The third-order valence-electron chi connectivity index (χ3n) is 3.53. The van der Waals surface area contributed by atoms with Gasteiger partial charge in [0.25, 0.3) is 11.8 Å². The van der Waals surface area contributed by atoms with Gasteiger partial charge in [-0.1, -0.05) is 12.1 Å². The van der Waals surface area contributed by atoms with E-state index in [4.69, 9.17) is 0 Å². The summed E-state index contributed by atoms with van der Waals surface area (Å²) in [5.74, 6) is 0.188. The molecular formula is C18H18N4O2S. The first-order chi connectivity index (χ1) is 12.0. The molecule has 0 saturated carbocycles. The first kappa shape index (κ1) is 16.9. The molecular weight excluding hydrogens is 336 g/mol. The van der Waals surface area contributed by atoms with Crippen LogP contribution in [-0.4, -0.2) is 21.6 Å². The van der Waals surface area contributed by atoms with Crippen LogP contribution in [0.3, 0.4) is 0 Å². The highest BCUT2D eigenvalue weighted by Crippen LogP contribution is 2.17. The molecule has 0 aliphatic heterocycles. The summed E-state index contributed by atoms with van der Waals surface area (Å²) >= 11 is 1.37. The lowest BCUT2D eigenvalue weighted by molar-refractivity contribution is 0.101. The molecule has 0 spiro atoms. The van der Waals surface area contributed by atoms with E-state index in [1.54, 1.807) is 47.3 Å². The van der Waals surface area contributed by atoms with Gasteiger partial charge in [-0.2, -0.15) is 5.10 Å². The quantitative estimate of drug-likeness (QED) is 0.726. The summed E-state index contributed by atoms with van der Waals surface area (Å²) in [4.78, 5) is 25.2. The highest BCUT2D eigenvalue weighted by Gasteiger charge is 2.13. The van der Waals surface area contributed by atoms with Crippen molar-refractivity contribution in [2.75, 3.05) is 10.6 Å². The monoisotopic (exact) mass is 354 g/mol. The molecule has 0 radical (unpaired) electrons. The number of anilines is 2. The molecule has 0 atom stereocenters. The molecule has 6 nitrogen and oxygen atoms in total. The van der Waals surface area contributed by atoms with Crippen LogP contribution in [0.1, 0.15) is 39.9 Å². The Morgan fingerprint density at radius 2 is 1.92 bits per heavy atom. The molecule has 0 aliphatic carbocycles. The van der Waals surface area contributed by atoms with Gasteiger partial charge in [-0.15, -0.1) is 11.3 Å². The van der Waals surface area contributed by atoms with Crippen LogP contribution in [0.4, 0.5) is 11.5 Å². The Balaban J connectivity index is 1.73. The number of hydrogen-bond donors (Lipinski definition) is 2. The number of benzene rings is 1.